The van der Waals surface area contributed by atoms with Crippen LogP contribution < -0.4 is 30.7 Å². The molecule has 0 fully saturated rings. The van der Waals surface area contributed by atoms with Crippen molar-refractivity contribution in [3.05, 3.63) is 95.0 Å². The van der Waals surface area contributed by atoms with Gasteiger partial charge in [-0.25, -0.2) is 37.5 Å². The van der Waals surface area contributed by atoms with Crippen LogP contribution in [0.3, 0.4) is 0 Å². The number of halogens is 6. The Bertz CT molecular complexity index is 2340. The lowest BCUT2D eigenvalue weighted by Gasteiger charge is -2.16. The number of alkyl halides is 2. The van der Waals surface area contributed by atoms with Crippen LogP contribution in [0.15, 0.2) is 73.3 Å². The first kappa shape index (κ1) is 39.8. The molecule has 290 valence electrons. The average molecular weight is 835 g/mol. The standard InChI is InChI=1S/C34H25Cl2F4N8O7P/c1-52-27-11-23-17(31(43-13-41-23)45-15-3-5-21(37)19(35)7-15)9-25(27)47-33(49)29(39)54-56(51)55-30(40)34(50)48-26-10-18-24(12-28(26)53-2)42-14-44-32(18)46-16-4-6-22(38)20(36)8-16/h3-14,29-30,56H,1-2H3,(H,47,49)(H,48,50)(H,41,43,45)(H,42,44,46). The molecule has 0 radical (unpaired) electrons. The van der Waals surface area contributed by atoms with Crippen LogP contribution in [0, 0.1) is 11.6 Å². The maximum absolute atomic E-state index is 14.9. The van der Waals surface area contributed by atoms with Gasteiger partial charge in [-0.3, -0.25) is 23.2 Å². The van der Waals surface area contributed by atoms with E-state index in [1.165, 1.54) is 75.4 Å². The third-order valence-electron chi connectivity index (χ3n) is 7.61. The van der Waals surface area contributed by atoms with Gasteiger partial charge in [-0.15, -0.1) is 0 Å². The minimum Gasteiger partial charge on any atom is -0.494 e. The summed E-state index contributed by atoms with van der Waals surface area (Å²) in [4.78, 5) is 42.1. The SMILES string of the molecule is COc1cc2ncnc(Nc3ccc(F)c(Cl)c3)c2cc1NC(=O)C(F)O[PH](=O)OC(F)C(=O)Nc1cc2c(Nc3ccc(F)c(Cl)c3)ncnc2cc1OC. The van der Waals surface area contributed by atoms with E-state index >= 15 is 0 Å². The number of hydrogen-bond acceptors (Lipinski definition) is 13. The average Bonchev–Trinajstić information content (AvgIpc) is 3.17. The molecule has 56 heavy (non-hydrogen) atoms. The molecule has 2 atom stereocenters. The third-order valence-corrected chi connectivity index (χ3v) is 8.98. The third kappa shape index (κ3) is 9.15. The van der Waals surface area contributed by atoms with E-state index < -0.39 is 44.4 Å². The van der Waals surface area contributed by atoms with Crippen LogP contribution in [-0.4, -0.2) is 58.7 Å². The number of benzene rings is 4. The van der Waals surface area contributed by atoms with Crippen LogP contribution in [0.2, 0.25) is 10.0 Å². The molecular weight excluding hydrogens is 810 g/mol. The summed E-state index contributed by atoms with van der Waals surface area (Å²) in [6.45, 7) is 0. The molecule has 0 aliphatic heterocycles. The van der Waals surface area contributed by atoms with Gasteiger partial charge in [0.05, 0.1) is 46.7 Å². The second-order valence-electron chi connectivity index (χ2n) is 11.2. The molecule has 2 amide bonds. The summed E-state index contributed by atoms with van der Waals surface area (Å²) in [7, 11) is -1.64. The molecule has 0 spiro atoms. The highest BCUT2D eigenvalue weighted by atomic mass is 35.5. The zero-order valence-corrected chi connectivity index (χ0v) is 31.0. The second-order valence-corrected chi connectivity index (χ2v) is 13.0. The van der Waals surface area contributed by atoms with Crippen molar-refractivity contribution in [2.75, 3.05) is 35.5 Å². The number of amides is 2. The summed E-state index contributed by atoms with van der Waals surface area (Å²) in [5.41, 5.74) is 1.16. The van der Waals surface area contributed by atoms with Crippen LogP contribution in [0.1, 0.15) is 0 Å². The summed E-state index contributed by atoms with van der Waals surface area (Å²) in [5.74, 6) is -3.86. The van der Waals surface area contributed by atoms with Crippen molar-refractivity contribution in [1.29, 1.82) is 0 Å². The highest BCUT2D eigenvalue weighted by Gasteiger charge is 2.28. The molecular formula is C34H25Cl2F4N8O7P. The van der Waals surface area contributed by atoms with Crippen LogP contribution >= 0.6 is 31.5 Å². The Hall–Kier alpha value is -5.85. The van der Waals surface area contributed by atoms with Crippen molar-refractivity contribution in [3.63, 3.8) is 0 Å². The topological polar surface area (TPSA) is 188 Å². The largest absolute Gasteiger partial charge is 0.494 e. The highest BCUT2D eigenvalue weighted by Crippen LogP contribution is 2.37. The molecule has 2 heterocycles. The smallest absolute Gasteiger partial charge is 0.325 e. The van der Waals surface area contributed by atoms with Crippen LogP contribution in [-0.2, 0) is 23.2 Å². The Morgan fingerprint density at radius 1 is 0.661 bits per heavy atom. The number of ether oxygens (including phenoxy) is 2. The van der Waals surface area contributed by atoms with Gasteiger partial charge in [0.25, 0.3) is 24.5 Å². The van der Waals surface area contributed by atoms with E-state index in [1.54, 1.807) is 0 Å². The number of rotatable bonds is 14. The van der Waals surface area contributed by atoms with Gasteiger partial charge in [0.1, 0.15) is 47.4 Å². The van der Waals surface area contributed by atoms with E-state index in [0.717, 1.165) is 12.1 Å². The van der Waals surface area contributed by atoms with E-state index in [2.05, 4.69) is 50.3 Å². The Morgan fingerprint density at radius 2 is 1.07 bits per heavy atom. The molecule has 15 nitrogen and oxygen atoms in total. The monoisotopic (exact) mass is 834 g/mol. The van der Waals surface area contributed by atoms with Crippen LogP contribution in [0.5, 0.6) is 11.5 Å². The molecule has 0 saturated heterocycles. The van der Waals surface area contributed by atoms with Gasteiger partial charge in [0.15, 0.2) is 0 Å². The molecule has 0 aliphatic rings. The molecule has 4 N–H and O–H groups in total. The van der Waals surface area contributed by atoms with Gasteiger partial charge >= 0.3 is 8.25 Å². The van der Waals surface area contributed by atoms with Gasteiger partial charge in [-0.05, 0) is 48.5 Å². The van der Waals surface area contributed by atoms with Gasteiger partial charge in [0, 0.05) is 34.3 Å². The molecule has 0 saturated carbocycles. The fourth-order valence-electron chi connectivity index (χ4n) is 5.00. The van der Waals surface area contributed by atoms with Crippen LogP contribution in [0.25, 0.3) is 21.8 Å². The molecule has 6 rings (SSSR count). The van der Waals surface area contributed by atoms with Gasteiger partial charge in [-0.2, -0.15) is 0 Å². The maximum Gasteiger partial charge on any atom is 0.325 e. The molecule has 4 aromatic carbocycles. The lowest BCUT2D eigenvalue weighted by Crippen LogP contribution is -2.27. The summed E-state index contributed by atoms with van der Waals surface area (Å²) >= 11 is 11.7. The summed E-state index contributed by atoms with van der Waals surface area (Å²) in [6, 6.07) is 13.2. The van der Waals surface area contributed by atoms with Crippen molar-refractivity contribution in [2.45, 2.75) is 12.7 Å². The van der Waals surface area contributed by atoms with Crippen molar-refractivity contribution >= 4 is 99.5 Å². The van der Waals surface area contributed by atoms with Crippen molar-refractivity contribution < 1.29 is 50.2 Å². The van der Waals surface area contributed by atoms with Gasteiger partial charge in [-0.1, -0.05) is 23.2 Å². The van der Waals surface area contributed by atoms with E-state index in [-0.39, 0.29) is 44.6 Å². The fourth-order valence-corrected chi connectivity index (χ4v) is 5.97. The first-order valence-electron chi connectivity index (χ1n) is 15.7. The lowest BCUT2D eigenvalue weighted by atomic mass is 10.2. The fraction of sp³-hybridized carbons (Fsp3) is 0.118. The Morgan fingerprint density at radius 3 is 1.45 bits per heavy atom. The first-order valence-corrected chi connectivity index (χ1v) is 17.7. The van der Waals surface area contributed by atoms with Gasteiger partial charge < -0.3 is 30.7 Å². The normalized spacial score (nSPS) is 12.8. The van der Waals surface area contributed by atoms with Crippen LogP contribution in [0.4, 0.5) is 51.9 Å². The molecule has 22 heteroatoms. The molecule has 0 bridgehead atoms. The number of fused-ring (bicyclic) bond motifs is 2. The number of anilines is 6. The number of aromatic nitrogens is 4. The number of nitrogens with zero attached hydrogens (tertiary/aromatic N) is 4. The van der Waals surface area contributed by atoms with Crippen molar-refractivity contribution in [2.24, 2.45) is 0 Å². The zero-order chi connectivity index (χ0) is 40.1. The maximum atomic E-state index is 14.9. The Balaban J connectivity index is 1.11. The molecule has 2 aromatic heterocycles. The number of carbonyl (C=O) groups is 2. The number of nitrogens with one attached hydrogen (secondary N) is 4. The Kier molecular flexibility index (Phi) is 12.3. The quantitative estimate of drug-likeness (QED) is 0.0607. The van der Waals surface area contributed by atoms with Crippen molar-refractivity contribution in [3.8, 4) is 11.5 Å². The number of carbonyl (C=O) groups excluding carboxylic acids is 2. The predicted molar refractivity (Wildman–Crippen MR) is 200 cm³/mol. The minimum atomic E-state index is -4.17. The molecule has 0 aliphatic carbocycles. The summed E-state index contributed by atoms with van der Waals surface area (Å²) < 4.78 is 89.0. The van der Waals surface area contributed by atoms with E-state index in [9.17, 15) is 31.7 Å². The van der Waals surface area contributed by atoms with Gasteiger partial charge in [0.2, 0.25) is 0 Å². The zero-order valence-electron chi connectivity index (χ0n) is 28.5. The highest BCUT2D eigenvalue weighted by molar-refractivity contribution is 7.33. The molecule has 6 aromatic rings. The predicted octanol–water partition coefficient (Wildman–Crippen LogP) is 8.25. The second kappa shape index (κ2) is 17.3. The minimum absolute atomic E-state index is 0.0235. The van der Waals surface area contributed by atoms with E-state index in [1.807, 2.05) is 0 Å². The van der Waals surface area contributed by atoms with E-state index in [4.69, 9.17) is 32.7 Å². The lowest BCUT2D eigenvalue weighted by molar-refractivity contribution is -0.133. The van der Waals surface area contributed by atoms with Crippen molar-refractivity contribution in [1.82, 2.24) is 19.9 Å². The number of hydrogen-bond donors (Lipinski definition) is 4. The first-order chi connectivity index (χ1) is 26.8. The summed E-state index contributed by atoms with van der Waals surface area (Å²) in [5, 5.41) is 10.6. The number of methoxy groups -OCH3 is 2. The van der Waals surface area contributed by atoms with E-state index in [0.29, 0.717) is 33.2 Å². The Labute approximate surface area is 323 Å². The molecule has 2 unspecified atom stereocenters. The summed E-state index contributed by atoms with van der Waals surface area (Å²) in [6.07, 6.45) is -3.51.